The van der Waals surface area contributed by atoms with Gasteiger partial charge in [0.05, 0.1) is 11.5 Å². The van der Waals surface area contributed by atoms with Crippen LogP contribution < -0.4 is 5.32 Å². The lowest BCUT2D eigenvalue weighted by molar-refractivity contribution is -0.141. The SMILES string of the molecule is CC(C)(C)OC(=O)NC(C(=O)O)C1CCS(=O)(=O)CC1. The minimum Gasteiger partial charge on any atom is -0.480 e. The second-order valence-electron chi connectivity index (χ2n) is 5.95. The lowest BCUT2D eigenvalue weighted by Crippen LogP contribution is -2.49. The molecule has 0 aromatic heterocycles. The van der Waals surface area contributed by atoms with Crippen LogP contribution in [0.25, 0.3) is 0 Å². The van der Waals surface area contributed by atoms with Crippen LogP contribution in [0.5, 0.6) is 0 Å². The molecule has 0 spiro atoms. The number of carbonyl (C=O) groups is 2. The first-order valence-electron chi connectivity index (χ1n) is 6.43. The Morgan fingerprint density at radius 2 is 1.75 bits per heavy atom. The van der Waals surface area contributed by atoms with Crippen LogP contribution in [-0.4, -0.2) is 48.7 Å². The number of ether oxygens (including phenoxy) is 1. The average molecular weight is 307 g/mol. The van der Waals surface area contributed by atoms with Gasteiger partial charge < -0.3 is 15.2 Å². The Labute approximate surface area is 118 Å². The maximum atomic E-state index is 11.6. The molecule has 0 saturated carbocycles. The zero-order chi connectivity index (χ0) is 15.6. The van der Waals surface area contributed by atoms with Gasteiger partial charge in [0.15, 0.2) is 0 Å². The van der Waals surface area contributed by atoms with Crippen LogP contribution in [0, 0.1) is 5.92 Å². The normalized spacial score (nSPS) is 20.9. The van der Waals surface area contributed by atoms with Crippen molar-refractivity contribution in [3.05, 3.63) is 0 Å². The first-order chi connectivity index (χ1) is 9.00. The Kier molecular flexibility index (Phi) is 5.01. The number of sulfone groups is 1. The van der Waals surface area contributed by atoms with E-state index in [9.17, 15) is 23.1 Å². The maximum absolute atomic E-state index is 11.6. The molecule has 1 unspecified atom stereocenters. The molecule has 2 N–H and O–H groups in total. The molecule has 1 fully saturated rings. The molecule has 0 aromatic carbocycles. The second kappa shape index (κ2) is 5.99. The van der Waals surface area contributed by atoms with Crippen molar-refractivity contribution in [1.29, 1.82) is 0 Å². The Balaban J connectivity index is 2.67. The lowest BCUT2D eigenvalue weighted by atomic mass is 9.94. The van der Waals surface area contributed by atoms with Crippen LogP contribution in [0.4, 0.5) is 4.79 Å². The molecule has 1 aliphatic heterocycles. The molecular weight excluding hydrogens is 286 g/mol. The van der Waals surface area contributed by atoms with E-state index in [-0.39, 0.29) is 24.3 Å². The number of aliphatic carboxylic acids is 1. The number of nitrogens with one attached hydrogen (secondary N) is 1. The lowest BCUT2D eigenvalue weighted by Gasteiger charge is -2.29. The summed E-state index contributed by atoms with van der Waals surface area (Å²) in [5, 5.41) is 11.5. The van der Waals surface area contributed by atoms with Crippen LogP contribution in [0.2, 0.25) is 0 Å². The summed E-state index contributed by atoms with van der Waals surface area (Å²) in [4.78, 5) is 22.9. The number of alkyl carbamates (subject to hydrolysis) is 1. The second-order valence-corrected chi connectivity index (χ2v) is 8.26. The fourth-order valence-corrected chi connectivity index (χ4v) is 3.59. The summed E-state index contributed by atoms with van der Waals surface area (Å²) < 4.78 is 27.7. The van der Waals surface area contributed by atoms with E-state index in [0.29, 0.717) is 0 Å². The minimum absolute atomic E-state index is 0.0442. The number of carbonyl (C=O) groups excluding carboxylic acids is 1. The number of hydrogen-bond donors (Lipinski definition) is 2. The number of rotatable bonds is 3. The molecule has 0 radical (unpaired) electrons. The molecule has 8 heteroatoms. The molecule has 1 amide bonds. The molecular formula is C12H21NO6S. The molecule has 1 atom stereocenters. The molecule has 0 aliphatic carbocycles. The van der Waals surface area contributed by atoms with Crippen LogP contribution in [0.1, 0.15) is 33.6 Å². The van der Waals surface area contributed by atoms with E-state index in [1.165, 1.54) is 0 Å². The topological polar surface area (TPSA) is 110 Å². The minimum atomic E-state index is -3.07. The Bertz CT molecular complexity index is 465. The third-order valence-corrected chi connectivity index (χ3v) is 4.72. The van der Waals surface area contributed by atoms with Gasteiger partial charge in [-0.05, 0) is 39.5 Å². The van der Waals surface area contributed by atoms with Gasteiger partial charge in [-0.15, -0.1) is 0 Å². The summed E-state index contributed by atoms with van der Waals surface area (Å²) in [6, 6.07) is -1.12. The smallest absolute Gasteiger partial charge is 0.408 e. The fraction of sp³-hybridized carbons (Fsp3) is 0.833. The van der Waals surface area contributed by atoms with Crippen molar-refractivity contribution in [3.8, 4) is 0 Å². The van der Waals surface area contributed by atoms with Crippen LogP contribution >= 0.6 is 0 Å². The van der Waals surface area contributed by atoms with E-state index >= 15 is 0 Å². The van der Waals surface area contributed by atoms with E-state index in [0.717, 1.165) is 0 Å². The van der Waals surface area contributed by atoms with Gasteiger partial charge in [-0.2, -0.15) is 0 Å². The molecule has 116 valence electrons. The summed E-state index contributed by atoms with van der Waals surface area (Å²) >= 11 is 0. The van der Waals surface area contributed by atoms with E-state index < -0.39 is 39.5 Å². The van der Waals surface area contributed by atoms with E-state index in [4.69, 9.17) is 4.74 Å². The molecule has 1 saturated heterocycles. The fourth-order valence-electron chi connectivity index (χ4n) is 2.06. The van der Waals surface area contributed by atoms with Gasteiger partial charge in [0.1, 0.15) is 21.5 Å². The summed E-state index contributed by atoms with van der Waals surface area (Å²) in [7, 11) is -3.07. The largest absolute Gasteiger partial charge is 0.480 e. The molecule has 1 rings (SSSR count). The van der Waals surface area contributed by atoms with Gasteiger partial charge in [-0.1, -0.05) is 0 Å². The van der Waals surface area contributed by atoms with E-state index in [1.54, 1.807) is 20.8 Å². The molecule has 0 bridgehead atoms. The standard InChI is InChI=1S/C12H21NO6S/c1-12(2,3)19-11(16)13-9(10(14)15)8-4-6-20(17,18)7-5-8/h8-9H,4-7H2,1-3H3,(H,13,16)(H,14,15). The van der Waals surface area contributed by atoms with Crippen molar-refractivity contribution < 1.29 is 27.9 Å². The number of carboxylic acid groups (broad SMARTS) is 1. The van der Waals surface area contributed by atoms with E-state index in [1.807, 2.05) is 0 Å². The monoisotopic (exact) mass is 307 g/mol. The highest BCUT2D eigenvalue weighted by Gasteiger charge is 2.35. The number of carboxylic acids is 1. The molecule has 1 heterocycles. The van der Waals surface area contributed by atoms with Gasteiger partial charge in [-0.3, -0.25) is 0 Å². The molecule has 0 aromatic rings. The predicted molar refractivity (Wildman–Crippen MR) is 72.2 cm³/mol. The Hall–Kier alpha value is -1.31. The first kappa shape index (κ1) is 16.7. The van der Waals surface area contributed by atoms with Gasteiger partial charge in [0.25, 0.3) is 0 Å². The first-order valence-corrected chi connectivity index (χ1v) is 8.25. The summed E-state index contributed by atoms with van der Waals surface area (Å²) in [6.07, 6.45) is -0.345. The highest BCUT2D eigenvalue weighted by atomic mass is 32.2. The highest BCUT2D eigenvalue weighted by Crippen LogP contribution is 2.22. The van der Waals surface area contributed by atoms with Crippen molar-refractivity contribution in [1.82, 2.24) is 5.32 Å². The van der Waals surface area contributed by atoms with Gasteiger partial charge >= 0.3 is 12.1 Å². The van der Waals surface area contributed by atoms with Gasteiger partial charge in [0.2, 0.25) is 0 Å². The zero-order valence-corrected chi connectivity index (χ0v) is 12.7. The predicted octanol–water partition coefficient (Wildman–Crippen LogP) is 0.789. The molecule has 1 aliphatic rings. The van der Waals surface area contributed by atoms with Crippen molar-refractivity contribution >= 4 is 21.9 Å². The Morgan fingerprint density at radius 1 is 1.25 bits per heavy atom. The number of hydrogen-bond acceptors (Lipinski definition) is 5. The highest BCUT2D eigenvalue weighted by molar-refractivity contribution is 7.91. The van der Waals surface area contributed by atoms with Crippen molar-refractivity contribution in [2.75, 3.05) is 11.5 Å². The third-order valence-electron chi connectivity index (χ3n) is 3.01. The summed E-state index contributed by atoms with van der Waals surface area (Å²) in [5.74, 6) is -1.67. The van der Waals surface area contributed by atoms with Crippen LogP contribution in [-0.2, 0) is 19.4 Å². The van der Waals surface area contributed by atoms with Crippen molar-refractivity contribution in [3.63, 3.8) is 0 Å². The van der Waals surface area contributed by atoms with Crippen LogP contribution in [0.15, 0.2) is 0 Å². The maximum Gasteiger partial charge on any atom is 0.408 e. The van der Waals surface area contributed by atoms with E-state index in [2.05, 4.69) is 5.32 Å². The number of amides is 1. The summed E-state index contributed by atoms with van der Waals surface area (Å²) in [6.45, 7) is 5.03. The quantitative estimate of drug-likeness (QED) is 0.797. The van der Waals surface area contributed by atoms with Gasteiger partial charge in [-0.25, -0.2) is 18.0 Å². The van der Waals surface area contributed by atoms with Crippen LogP contribution in [0.3, 0.4) is 0 Å². The third kappa shape index (κ3) is 5.36. The average Bonchev–Trinajstić information content (AvgIpc) is 2.23. The van der Waals surface area contributed by atoms with Crippen molar-refractivity contribution in [2.24, 2.45) is 5.92 Å². The molecule has 20 heavy (non-hydrogen) atoms. The summed E-state index contributed by atoms with van der Waals surface area (Å²) in [5.41, 5.74) is -0.719. The van der Waals surface area contributed by atoms with Crippen molar-refractivity contribution in [2.45, 2.75) is 45.3 Å². The Morgan fingerprint density at radius 3 is 2.15 bits per heavy atom. The molecule has 7 nitrogen and oxygen atoms in total. The zero-order valence-electron chi connectivity index (χ0n) is 11.9. The van der Waals surface area contributed by atoms with Gasteiger partial charge in [0, 0.05) is 0 Å².